The fourth-order valence-electron chi connectivity index (χ4n) is 3.30. The summed E-state index contributed by atoms with van der Waals surface area (Å²) in [5.74, 6) is 0.144. The Balaban J connectivity index is 1.82. The molecule has 1 aliphatic heterocycles. The lowest BCUT2D eigenvalue weighted by Gasteiger charge is -2.36. The summed E-state index contributed by atoms with van der Waals surface area (Å²) in [5, 5.41) is 0. The van der Waals surface area contributed by atoms with Crippen LogP contribution in [0.25, 0.3) is 0 Å². The first-order chi connectivity index (χ1) is 12.2. The Kier molecular flexibility index (Phi) is 8.22. The number of benzene rings is 1. The molecule has 5 nitrogen and oxygen atoms in total. The molecular formula is C20H31NO4. The smallest absolute Gasteiger partial charge is 0.337 e. The molecule has 5 heteroatoms. The van der Waals surface area contributed by atoms with Crippen molar-refractivity contribution in [1.82, 2.24) is 0 Å². The summed E-state index contributed by atoms with van der Waals surface area (Å²) < 4.78 is 16.3. The molecule has 0 aliphatic carbocycles. The van der Waals surface area contributed by atoms with E-state index in [4.69, 9.17) is 14.2 Å². The fraction of sp³-hybridized carbons (Fsp3) is 0.650. The number of ether oxygens (including phenoxy) is 3. The van der Waals surface area contributed by atoms with Crippen molar-refractivity contribution in [1.29, 1.82) is 0 Å². The zero-order chi connectivity index (χ0) is 18.1. The normalized spacial score (nSPS) is 16.7. The van der Waals surface area contributed by atoms with E-state index in [1.807, 2.05) is 24.3 Å². The SMILES string of the molecule is CCCCCOC(OC)C1CCN(c2ccc(C(=O)OC)cc2)CC1. The minimum Gasteiger partial charge on any atom is -0.465 e. The Morgan fingerprint density at radius 3 is 2.40 bits per heavy atom. The average Bonchev–Trinajstić information content (AvgIpc) is 2.68. The number of esters is 1. The van der Waals surface area contributed by atoms with Gasteiger partial charge in [0.15, 0.2) is 6.29 Å². The molecule has 25 heavy (non-hydrogen) atoms. The summed E-state index contributed by atoms with van der Waals surface area (Å²) in [4.78, 5) is 13.9. The van der Waals surface area contributed by atoms with Crippen molar-refractivity contribution in [2.75, 3.05) is 38.8 Å². The van der Waals surface area contributed by atoms with Gasteiger partial charge in [-0.3, -0.25) is 0 Å². The molecule has 0 N–H and O–H groups in total. The van der Waals surface area contributed by atoms with Gasteiger partial charge >= 0.3 is 5.97 Å². The largest absolute Gasteiger partial charge is 0.465 e. The van der Waals surface area contributed by atoms with Crippen LogP contribution in [-0.2, 0) is 14.2 Å². The van der Waals surface area contributed by atoms with Gasteiger partial charge in [0.25, 0.3) is 0 Å². The van der Waals surface area contributed by atoms with Crippen molar-refractivity contribution in [3.05, 3.63) is 29.8 Å². The Bertz CT molecular complexity index is 509. The van der Waals surface area contributed by atoms with Gasteiger partial charge in [-0.2, -0.15) is 0 Å². The van der Waals surface area contributed by atoms with Crippen LogP contribution in [0.15, 0.2) is 24.3 Å². The minimum atomic E-state index is -0.298. The lowest BCUT2D eigenvalue weighted by Crippen LogP contribution is -2.39. The zero-order valence-corrected chi connectivity index (χ0v) is 15.7. The number of unbranched alkanes of at least 4 members (excludes halogenated alkanes) is 2. The molecule has 1 heterocycles. The molecular weight excluding hydrogens is 318 g/mol. The molecule has 1 aliphatic rings. The summed E-state index contributed by atoms with van der Waals surface area (Å²) in [6.45, 7) is 4.92. The van der Waals surface area contributed by atoms with Crippen LogP contribution >= 0.6 is 0 Å². The predicted octanol–water partition coefficient (Wildman–Crippen LogP) is 3.87. The van der Waals surface area contributed by atoms with Crippen molar-refractivity contribution in [2.24, 2.45) is 5.92 Å². The monoisotopic (exact) mass is 349 g/mol. The second-order valence-corrected chi connectivity index (χ2v) is 6.54. The second kappa shape index (κ2) is 10.4. The van der Waals surface area contributed by atoms with Crippen molar-refractivity contribution in [3.63, 3.8) is 0 Å². The van der Waals surface area contributed by atoms with Gasteiger partial charge in [-0.25, -0.2) is 4.79 Å². The van der Waals surface area contributed by atoms with E-state index in [2.05, 4.69) is 11.8 Å². The third kappa shape index (κ3) is 5.72. The van der Waals surface area contributed by atoms with Crippen LogP contribution in [0.3, 0.4) is 0 Å². The van der Waals surface area contributed by atoms with E-state index in [1.54, 1.807) is 7.11 Å². The van der Waals surface area contributed by atoms with E-state index < -0.39 is 0 Å². The van der Waals surface area contributed by atoms with Crippen LogP contribution in [0.5, 0.6) is 0 Å². The van der Waals surface area contributed by atoms with Gasteiger partial charge in [-0.15, -0.1) is 0 Å². The van der Waals surface area contributed by atoms with Gasteiger partial charge in [0, 0.05) is 38.4 Å². The van der Waals surface area contributed by atoms with E-state index in [0.717, 1.165) is 44.6 Å². The summed E-state index contributed by atoms with van der Waals surface area (Å²) in [7, 11) is 3.14. The van der Waals surface area contributed by atoms with Crippen LogP contribution in [-0.4, -0.2) is 46.2 Å². The maximum absolute atomic E-state index is 11.5. The van der Waals surface area contributed by atoms with Crippen molar-refractivity contribution in [3.8, 4) is 0 Å². The first kappa shape index (κ1) is 19.7. The number of rotatable bonds is 9. The molecule has 1 aromatic carbocycles. The fourth-order valence-corrected chi connectivity index (χ4v) is 3.30. The Hall–Kier alpha value is -1.59. The topological polar surface area (TPSA) is 48.0 Å². The molecule has 1 atom stereocenters. The zero-order valence-electron chi connectivity index (χ0n) is 15.7. The number of carbonyl (C=O) groups is 1. The van der Waals surface area contributed by atoms with Gasteiger partial charge in [-0.1, -0.05) is 19.8 Å². The van der Waals surface area contributed by atoms with Crippen LogP contribution in [0.1, 0.15) is 49.4 Å². The van der Waals surface area contributed by atoms with Crippen LogP contribution in [0.4, 0.5) is 5.69 Å². The van der Waals surface area contributed by atoms with E-state index in [1.165, 1.54) is 20.0 Å². The summed E-state index contributed by atoms with van der Waals surface area (Å²) >= 11 is 0. The van der Waals surface area contributed by atoms with Gasteiger partial charge in [0.2, 0.25) is 0 Å². The molecule has 2 rings (SSSR count). The number of methoxy groups -OCH3 is 2. The molecule has 1 aromatic rings. The van der Waals surface area contributed by atoms with Crippen molar-refractivity contribution >= 4 is 11.7 Å². The lowest BCUT2D eigenvalue weighted by atomic mass is 9.95. The highest BCUT2D eigenvalue weighted by Crippen LogP contribution is 2.27. The summed E-state index contributed by atoms with van der Waals surface area (Å²) in [6, 6.07) is 7.62. The third-order valence-electron chi connectivity index (χ3n) is 4.84. The van der Waals surface area contributed by atoms with Gasteiger partial charge in [0.1, 0.15) is 0 Å². The first-order valence-electron chi connectivity index (χ1n) is 9.27. The van der Waals surface area contributed by atoms with E-state index in [-0.39, 0.29) is 12.3 Å². The highest BCUT2D eigenvalue weighted by atomic mass is 16.7. The maximum atomic E-state index is 11.5. The molecule has 0 bridgehead atoms. The van der Waals surface area contributed by atoms with E-state index in [9.17, 15) is 4.79 Å². The average molecular weight is 349 g/mol. The molecule has 1 fully saturated rings. The molecule has 140 valence electrons. The number of carbonyl (C=O) groups excluding carboxylic acids is 1. The van der Waals surface area contributed by atoms with Gasteiger partial charge in [0.05, 0.1) is 12.7 Å². The molecule has 1 unspecified atom stereocenters. The molecule has 0 radical (unpaired) electrons. The molecule has 1 saturated heterocycles. The quantitative estimate of drug-likeness (QED) is 0.385. The number of hydrogen-bond acceptors (Lipinski definition) is 5. The Labute approximate surface area is 151 Å². The van der Waals surface area contributed by atoms with Gasteiger partial charge in [-0.05, 0) is 43.5 Å². The van der Waals surface area contributed by atoms with Gasteiger partial charge < -0.3 is 19.1 Å². The van der Waals surface area contributed by atoms with Crippen molar-refractivity contribution in [2.45, 2.75) is 45.3 Å². The number of hydrogen-bond donors (Lipinski definition) is 0. The van der Waals surface area contributed by atoms with Crippen LogP contribution in [0, 0.1) is 5.92 Å². The molecule has 0 saturated carbocycles. The highest BCUT2D eigenvalue weighted by Gasteiger charge is 2.27. The Morgan fingerprint density at radius 1 is 1.16 bits per heavy atom. The summed E-state index contributed by atoms with van der Waals surface area (Å²) in [6.07, 6.45) is 5.50. The first-order valence-corrected chi connectivity index (χ1v) is 9.27. The Morgan fingerprint density at radius 2 is 1.84 bits per heavy atom. The standard InChI is InChI=1S/C20H31NO4/c1-4-5-6-15-25-20(24-3)17-11-13-21(14-12-17)18-9-7-16(8-10-18)19(22)23-2/h7-10,17,20H,4-6,11-15H2,1-3H3. The summed E-state index contributed by atoms with van der Waals surface area (Å²) in [5.41, 5.74) is 1.73. The number of anilines is 1. The molecule has 0 spiro atoms. The predicted molar refractivity (Wildman–Crippen MR) is 99.0 cm³/mol. The third-order valence-corrected chi connectivity index (χ3v) is 4.84. The number of nitrogens with zero attached hydrogens (tertiary/aromatic N) is 1. The molecule has 0 aromatic heterocycles. The maximum Gasteiger partial charge on any atom is 0.337 e. The van der Waals surface area contributed by atoms with Crippen molar-refractivity contribution < 1.29 is 19.0 Å². The molecule has 0 amide bonds. The van der Waals surface area contributed by atoms with E-state index in [0.29, 0.717) is 11.5 Å². The van der Waals surface area contributed by atoms with Crippen LogP contribution < -0.4 is 4.90 Å². The van der Waals surface area contributed by atoms with Crippen LogP contribution in [0.2, 0.25) is 0 Å². The number of piperidine rings is 1. The second-order valence-electron chi connectivity index (χ2n) is 6.54. The highest BCUT2D eigenvalue weighted by molar-refractivity contribution is 5.89. The minimum absolute atomic E-state index is 0.0966. The lowest BCUT2D eigenvalue weighted by molar-refractivity contribution is -0.160. The van der Waals surface area contributed by atoms with E-state index >= 15 is 0 Å².